The fourth-order valence-electron chi connectivity index (χ4n) is 7.62. The highest BCUT2D eigenvalue weighted by Crippen LogP contribution is 2.47. The molecule has 1 N–H and O–H groups in total. The highest BCUT2D eigenvalue weighted by molar-refractivity contribution is 7.95. The summed E-state index contributed by atoms with van der Waals surface area (Å²) in [7, 11) is 5.72. The highest BCUT2D eigenvalue weighted by Gasteiger charge is 2.34. The number of fused-ring (bicyclic) bond motifs is 5. The fraction of sp³-hybridized carbons (Fsp3) is 0.514. The van der Waals surface area contributed by atoms with Gasteiger partial charge in [0.1, 0.15) is 0 Å². The molecule has 1 aliphatic carbocycles. The van der Waals surface area contributed by atoms with Gasteiger partial charge in [-0.15, -0.1) is 0 Å². The van der Waals surface area contributed by atoms with Crippen molar-refractivity contribution in [2.75, 3.05) is 54.0 Å². The third-order valence-corrected chi connectivity index (χ3v) is 10.6. The van der Waals surface area contributed by atoms with Crippen molar-refractivity contribution in [2.24, 2.45) is 5.92 Å². The van der Waals surface area contributed by atoms with Gasteiger partial charge >= 0.3 is 0 Å². The van der Waals surface area contributed by atoms with Crippen LogP contribution in [0.25, 0.3) is 22.2 Å². The van der Waals surface area contributed by atoms with Crippen LogP contribution in [0.2, 0.25) is 0 Å². The minimum Gasteiger partial charge on any atom is -0.378 e. The lowest BCUT2D eigenvalue weighted by Gasteiger charge is -2.33. The fourth-order valence-corrected chi connectivity index (χ4v) is 8.00. The number of amides is 2. The first-order valence-corrected chi connectivity index (χ1v) is 17.7. The molecule has 6 rings (SSSR count). The number of morpholine rings is 1. The van der Waals surface area contributed by atoms with Gasteiger partial charge in [0, 0.05) is 66.5 Å². The maximum atomic E-state index is 14.4. The number of aromatic nitrogens is 1. The van der Waals surface area contributed by atoms with Crippen LogP contribution in [0, 0.1) is 5.92 Å². The third kappa shape index (κ3) is 6.73. The van der Waals surface area contributed by atoms with E-state index in [4.69, 9.17) is 4.74 Å². The Morgan fingerprint density at radius 3 is 2.52 bits per heavy atom. The molecule has 2 aliphatic heterocycles. The van der Waals surface area contributed by atoms with Crippen LogP contribution in [0.15, 0.2) is 48.7 Å². The van der Waals surface area contributed by atoms with Crippen molar-refractivity contribution in [1.29, 1.82) is 0 Å². The van der Waals surface area contributed by atoms with Gasteiger partial charge in [0.05, 0.1) is 31.4 Å². The first kappa shape index (κ1) is 32.7. The van der Waals surface area contributed by atoms with Gasteiger partial charge in [0.15, 0.2) is 0 Å². The van der Waals surface area contributed by atoms with Crippen LogP contribution in [-0.2, 0) is 28.9 Å². The summed E-state index contributed by atoms with van der Waals surface area (Å²) in [6.45, 7) is 10.6. The molecule has 3 aliphatic rings. The van der Waals surface area contributed by atoms with Crippen molar-refractivity contribution in [2.45, 2.75) is 64.3 Å². The summed E-state index contributed by atoms with van der Waals surface area (Å²) in [6.07, 6.45) is 7.74. The van der Waals surface area contributed by atoms with Crippen LogP contribution in [0.5, 0.6) is 0 Å². The quantitative estimate of drug-likeness (QED) is 0.278. The third-order valence-electron chi connectivity index (χ3n) is 10.0. The van der Waals surface area contributed by atoms with Crippen molar-refractivity contribution in [1.82, 2.24) is 23.4 Å². The van der Waals surface area contributed by atoms with E-state index in [1.54, 1.807) is 0 Å². The predicted molar refractivity (Wildman–Crippen MR) is 188 cm³/mol. The van der Waals surface area contributed by atoms with E-state index in [1.807, 2.05) is 42.5 Å². The number of carbonyl (C=O) groups excluding carboxylic acids is 2. The van der Waals surface area contributed by atoms with Crippen LogP contribution in [0.3, 0.4) is 0 Å². The summed E-state index contributed by atoms with van der Waals surface area (Å²) in [4.78, 5) is 31.7. The molecule has 246 valence electrons. The second kappa shape index (κ2) is 14.2. The van der Waals surface area contributed by atoms with Gasteiger partial charge in [0.2, 0.25) is 5.91 Å². The van der Waals surface area contributed by atoms with Crippen molar-refractivity contribution in [3.8, 4) is 11.3 Å². The summed E-state index contributed by atoms with van der Waals surface area (Å²) < 4.78 is 12.7. The molecule has 1 atom stereocenters. The Hall–Kier alpha value is -3.27. The van der Waals surface area contributed by atoms with Gasteiger partial charge in [-0.05, 0) is 74.5 Å². The smallest absolute Gasteiger partial charge is 0.262 e. The van der Waals surface area contributed by atoms with Crippen LogP contribution < -0.4 is 4.72 Å². The molecule has 9 heteroatoms. The van der Waals surface area contributed by atoms with Gasteiger partial charge in [-0.1, -0.05) is 57.0 Å². The maximum Gasteiger partial charge on any atom is 0.262 e. The molecule has 1 aromatic heterocycles. The molecule has 1 unspecified atom stereocenters. The van der Waals surface area contributed by atoms with E-state index in [1.165, 1.54) is 77.6 Å². The van der Waals surface area contributed by atoms with Crippen molar-refractivity contribution < 1.29 is 14.3 Å². The van der Waals surface area contributed by atoms with E-state index in [2.05, 4.69) is 52.0 Å². The van der Waals surface area contributed by atoms with E-state index in [0.717, 1.165) is 30.7 Å². The zero-order chi connectivity index (χ0) is 32.4. The zero-order valence-corrected chi connectivity index (χ0v) is 28.8. The second-order valence-corrected chi connectivity index (χ2v) is 14.5. The van der Waals surface area contributed by atoms with Gasteiger partial charge in [-0.25, -0.2) is 4.31 Å². The number of aryl methyl sites for hydroxylation is 1. The lowest BCUT2D eigenvalue weighted by Crippen LogP contribution is -2.42. The molecule has 0 spiro atoms. The molecule has 2 fully saturated rings. The number of ether oxygens (including phenoxy) is 1. The largest absolute Gasteiger partial charge is 0.378 e. The van der Waals surface area contributed by atoms with Crippen LogP contribution in [0.4, 0.5) is 0 Å². The number of carbonyl (C=O) groups is 2. The van der Waals surface area contributed by atoms with E-state index < -0.39 is 0 Å². The van der Waals surface area contributed by atoms with Crippen LogP contribution in [0.1, 0.15) is 72.0 Å². The maximum absolute atomic E-state index is 14.4. The average molecular weight is 644 g/mol. The molecular weight excluding hydrogens is 595 g/mol. The van der Waals surface area contributed by atoms with E-state index in [0.29, 0.717) is 44.2 Å². The topological polar surface area (TPSA) is 70.1 Å². The predicted octanol–water partition coefficient (Wildman–Crippen LogP) is 6.25. The molecular formula is C37H49N5O3S. The van der Waals surface area contributed by atoms with Crippen LogP contribution >= 0.6 is 12.1 Å². The molecule has 3 heterocycles. The van der Waals surface area contributed by atoms with Crippen molar-refractivity contribution in [3.05, 3.63) is 70.9 Å². The molecule has 46 heavy (non-hydrogen) atoms. The molecule has 2 aromatic carbocycles. The van der Waals surface area contributed by atoms with Crippen molar-refractivity contribution in [3.63, 3.8) is 0 Å². The van der Waals surface area contributed by atoms with E-state index >= 15 is 0 Å². The summed E-state index contributed by atoms with van der Waals surface area (Å²) >= 11 is 1.28. The van der Waals surface area contributed by atoms with Gasteiger partial charge < -0.3 is 19.1 Å². The molecule has 8 nitrogen and oxygen atoms in total. The molecule has 3 aromatic rings. The van der Waals surface area contributed by atoms with E-state index in [-0.39, 0.29) is 17.7 Å². The minimum absolute atomic E-state index is 0.119. The summed E-state index contributed by atoms with van der Waals surface area (Å²) in [6, 6.07) is 13.1. The van der Waals surface area contributed by atoms with E-state index in [9.17, 15) is 9.59 Å². The lowest BCUT2D eigenvalue weighted by atomic mass is 9.81. The van der Waals surface area contributed by atoms with Gasteiger partial charge in [0.25, 0.3) is 5.91 Å². The Kier molecular flexibility index (Phi) is 10.1. The zero-order valence-electron chi connectivity index (χ0n) is 27.9. The molecule has 0 radical (unpaired) electrons. The summed E-state index contributed by atoms with van der Waals surface area (Å²) in [5, 5.41) is 1.21. The summed E-state index contributed by atoms with van der Waals surface area (Å²) in [5.41, 5.74) is 9.05. The van der Waals surface area contributed by atoms with Gasteiger partial charge in [-0.2, -0.15) is 0 Å². The molecule has 2 amide bonds. The first-order valence-electron chi connectivity index (χ1n) is 16.9. The Morgan fingerprint density at radius 1 is 1.04 bits per heavy atom. The monoisotopic (exact) mass is 643 g/mol. The number of nitrogens with one attached hydrogen (secondary N) is 1. The number of likely N-dealkylation sites (N-methyl/N-ethyl adjacent to an activating group) is 1. The number of hydrogen-bond donors (Lipinski definition) is 1. The normalized spacial score (nSPS) is 18.6. The SMILES string of the molecule is C=C(CN(C)C(=O)C1Cc2cc(CC)ccc2-c2c(C3CCCCC3)c3ccc(C(=O)NSN(C)C)cc3n2C1)N1CCOCC1. The standard InChI is InChI=1S/C37H49N5O3S/c1-6-26-12-14-31-29(20-26)21-30(37(44)40(5)23-25(2)41-16-18-45-19-17-41)24-42-33-22-28(36(43)38-46-39(3)4)13-15-32(33)34(35(31)42)27-10-8-7-9-11-27/h12-15,20,22,27,30H,2,6-11,16-19,21,23-24H2,1,3-5H3,(H,38,43). The Labute approximate surface area is 278 Å². The molecule has 1 saturated heterocycles. The highest BCUT2D eigenvalue weighted by atomic mass is 32.2. The number of rotatable bonds is 9. The van der Waals surface area contributed by atoms with Gasteiger partial charge in [-0.3, -0.25) is 14.3 Å². The van der Waals surface area contributed by atoms with Crippen LogP contribution in [-0.4, -0.2) is 84.5 Å². The number of nitrogens with zero attached hydrogens (tertiary/aromatic N) is 4. The molecule has 0 bridgehead atoms. The Bertz CT molecular complexity index is 1600. The number of hydrogen-bond acceptors (Lipinski definition) is 6. The summed E-state index contributed by atoms with van der Waals surface area (Å²) in [5.74, 6) is 0.228. The lowest BCUT2D eigenvalue weighted by molar-refractivity contribution is -0.134. The molecule has 1 saturated carbocycles. The second-order valence-electron chi connectivity index (χ2n) is 13.4. The first-order chi connectivity index (χ1) is 22.2. The number of benzene rings is 2. The van der Waals surface area contributed by atoms with Crippen molar-refractivity contribution >= 4 is 34.9 Å². The minimum atomic E-state index is -0.244. The average Bonchev–Trinajstić information content (AvgIpc) is 3.29. The Balaban J connectivity index is 1.44. The Morgan fingerprint density at radius 2 is 1.80 bits per heavy atom.